The average Bonchev–Trinajstić information content (AvgIpc) is 2.94. The zero-order valence-corrected chi connectivity index (χ0v) is 21.6. The number of hydrogen-bond donors (Lipinski definition) is 3. The zero-order valence-electron chi connectivity index (χ0n) is 21.6. The molecule has 0 atom stereocenters. The van der Waals surface area contributed by atoms with Crippen LogP contribution in [0, 0.1) is 11.3 Å². The van der Waals surface area contributed by atoms with E-state index in [4.69, 9.17) is 19.9 Å². The summed E-state index contributed by atoms with van der Waals surface area (Å²) in [5.74, 6) is -2.15. The van der Waals surface area contributed by atoms with E-state index in [1.54, 1.807) is 31.4 Å². The van der Waals surface area contributed by atoms with E-state index in [0.717, 1.165) is 54.9 Å². The van der Waals surface area contributed by atoms with Crippen LogP contribution in [-0.2, 0) is 11.3 Å². The first-order chi connectivity index (χ1) is 19.0. The van der Waals surface area contributed by atoms with Gasteiger partial charge in [-0.25, -0.2) is 4.79 Å². The molecule has 1 aliphatic rings. The molecule has 1 saturated heterocycles. The zero-order chi connectivity index (χ0) is 29.3. The first kappa shape index (κ1) is 30.1. The molecule has 0 saturated carbocycles. The van der Waals surface area contributed by atoms with Gasteiger partial charge in [0, 0.05) is 36.4 Å². The largest absolute Gasteiger partial charge is 0.496 e. The third-order valence-corrected chi connectivity index (χ3v) is 6.20. The van der Waals surface area contributed by atoms with Gasteiger partial charge in [0.1, 0.15) is 5.75 Å². The highest BCUT2D eigenvalue weighted by Crippen LogP contribution is 2.29. The number of hydrogen-bond acceptors (Lipinski definition) is 6. The number of aliphatic hydroxyl groups is 1. The molecule has 40 heavy (non-hydrogen) atoms. The number of carboxylic acid groups (broad SMARTS) is 1. The number of carbonyl (C=O) groups excluding carboxylic acids is 1. The van der Waals surface area contributed by atoms with E-state index in [1.807, 2.05) is 42.5 Å². The number of piperidine rings is 1. The Morgan fingerprint density at radius 3 is 2.25 bits per heavy atom. The summed E-state index contributed by atoms with van der Waals surface area (Å²) >= 11 is 0. The van der Waals surface area contributed by atoms with Gasteiger partial charge in [0.05, 0.1) is 24.8 Å². The Hall–Kier alpha value is -4.40. The second-order valence-electron chi connectivity index (χ2n) is 9.06. The van der Waals surface area contributed by atoms with Crippen LogP contribution in [0.25, 0.3) is 11.1 Å². The summed E-state index contributed by atoms with van der Waals surface area (Å²) in [5.41, 5.74) is 4.81. The molecular weight excluding hydrogens is 527 g/mol. The highest BCUT2D eigenvalue weighted by Gasteiger charge is 2.38. The molecule has 1 heterocycles. The van der Waals surface area contributed by atoms with Gasteiger partial charge in [0.2, 0.25) is 0 Å². The lowest BCUT2D eigenvalue weighted by Gasteiger charge is -2.30. The number of carboxylic acids is 1. The number of amides is 1. The van der Waals surface area contributed by atoms with E-state index < -0.39 is 12.1 Å². The number of alkyl halides is 3. The van der Waals surface area contributed by atoms with Crippen LogP contribution >= 0.6 is 0 Å². The summed E-state index contributed by atoms with van der Waals surface area (Å²) in [6.45, 7) is 2.53. The molecule has 1 amide bonds. The van der Waals surface area contributed by atoms with Crippen molar-refractivity contribution in [3.8, 4) is 22.9 Å². The molecule has 8 nitrogen and oxygen atoms in total. The second kappa shape index (κ2) is 13.6. The number of halogens is 3. The van der Waals surface area contributed by atoms with E-state index in [2.05, 4.69) is 16.3 Å². The molecule has 1 fully saturated rings. The standard InChI is InChI=1S/C27H27N3O3.C2HF3O2/c1-33-26-10-7-21(16-23(26)18-30-13-11-25(31)12-14-30)20-5-8-24(9-6-20)29-27(32)22-4-2-3-19(15-22)17-28;3-2(4,5)1(6)7/h2-10,15-16,25,31H,11-14,18H2,1H3,(H,29,32);(H,6,7). The number of rotatable bonds is 6. The molecule has 0 unspecified atom stereocenters. The Balaban J connectivity index is 0.000000559. The third-order valence-electron chi connectivity index (χ3n) is 6.20. The Kier molecular flexibility index (Phi) is 10.2. The van der Waals surface area contributed by atoms with Crippen molar-refractivity contribution in [1.82, 2.24) is 4.90 Å². The molecule has 1 aliphatic heterocycles. The van der Waals surface area contributed by atoms with Gasteiger partial charge in [-0.05, 0) is 66.4 Å². The minimum atomic E-state index is -5.08. The SMILES string of the molecule is COc1ccc(-c2ccc(NC(=O)c3cccc(C#N)c3)cc2)cc1CN1CCC(O)CC1.O=C(O)C(F)(F)F. The minimum Gasteiger partial charge on any atom is -0.496 e. The molecule has 3 N–H and O–H groups in total. The van der Waals surface area contributed by atoms with Gasteiger partial charge in [-0.3, -0.25) is 9.69 Å². The Morgan fingerprint density at radius 2 is 1.68 bits per heavy atom. The molecule has 210 valence electrons. The number of aliphatic hydroxyl groups excluding tert-OH is 1. The summed E-state index contributed by atoms with van der Waals surface area (Å²) in [6.07, 6.45) is -3.67. The van der Waals surface area contributed by atoms with E-state index in [9.17, 15) is 23.1 Å². The number of carbonyl (C=O) groups is 2. The van der Waals surface area contributed by atoms with Crippen LogP contribution in [0.4, 0.5) is 18.9 Å². The van der Waals surface area contributed by atoms with Gasteiger partial charge in [0.15, 0.2) is 0 Å². The lowest BCUT2D eigenvalue weighted by molar-refractivity contribution is -0.192. The molecule has 11 heteroatoms. The van der Waals surface area contributed by atoms with Gasteiger partial charge >= 0.3 is 12.1 Å². The van der Waals surface area contributed by atoms with Crippen molar-refractivity contribution in [2.24, 2.45) is 0 Å². The van der Waals surface area contributed by atoms with Crippen molar-refractivity contribution in [1.29, 1.82) is 5.26 Å². The van der Waals surface area contributed by atoms with E-state index in [-0.39, 0.29) is 12.0 Å². The molecule has 0 bridgehead atoms. The first-order valence-electron chi connectivity index (χ1n) is 12.3. The maximum Gasteiger partial charge on any atom is 0.490 e. The normalized spacial score (nSPS) is 13.9. The van der Waals surface area contributed by atoms with E-state index in [0.29, 0.717) is 16.8 Å². The highest BCUT2D eigenvalue weighted by atomic mass is 19.4. The maximum atomic E-state index is 12.5. The fourth-order valence-electron chi connectivity index (χ4n) is 4.08. The van der Waals surface area contributed by atoms with Gasteiger partial charge in [0.25, 0.3) is 5.91 Å². The van der Waals surface area contributed by atoms with Crippen molar-refractivity contribution in [3.63, 3.8) is 0 Å². The smallest absolute Gasteiger partial charge is 0.490 e. The van der Waals surface area contributed by atoms with Crippen molar-refractivity contribution in [2.75, 3.05) is 25.5 Å². The summed E-state index contributed by atoms with van der Waals surface area (Å²) in [7, 11) is 1.68. The number of aliphatic carboxylic acids is 1. The molecule has 4 rings (SSSR count). The quantitative estimate of drug-likeness (QED) is 0.388. The van der Waals surface area contributed by atoms with Crippen LogP contribution in [0.15, 0.2) is 66.7 Å². The lowest BCUT2D eigenvalue weighted by Crippen LogP contribution is -2.35. The topological polar surface area (TPSA) is 123 Å². The summed E-state index contributed by atoms with van der Waals surface area (Å²) < 4.78 is 37.3. The van der Waals surface area contributed by atoms with E-state index >= 15 is 0 Å². The Morgan fingerprint density at radius 1 is 1.05 bits per heavy atom. The number of benzene rings is 3. The predicted octanol–water partition coefficient (Wildman–Crippen LogP) is 5.08. The number of anilines is 1. The van der Waals surface area contributed by atoms with Gasteiger partial charge < -0.3 is 20.3 Å². The number of nitriles is 1. The van der Waals surface area contributed by atoms with E-state index in [1.165, 1.54) is 0 Å². The molecule has 0 spiro atoms. The molecule has 0 aliphatic carbocycles. The van der Waals surface area contributed by atoms with Crippen LogP contribution in [0.3, 0.4) is 0 Å². The van der Waals surface area contributed by atoms with Crippen molar-refractivity contribution < 1.29 is 37.7 Å². The fourth-order valence-corrected chi connectivity index (χ4v) is 4.08. The number of likely N-dealkylation sites (tertiary alicyclic amines) is 1. The van der Waals surface area contributed by atoms with Gasteiger partial charge in [-0.2, -0.15) is 18.4 Å². The van der Waals surface area contributed by atoms with Crippen molar-refractivity contribution in [3.05, 3.63) is 83.4 Å². The summed E-state index contributed by atoms with van der Waals surface area (Å²) in [6, 6.07) is 22.5. The number of ether oxygens (including phenoxy) is 1. The van der Waals surface area contributed by atoms with Crippen LogP contribution < -0.4 is 10.1 Å². The maximum absolute atomic E-state index is 12.5. The number of nitrogens with one attached hydrogen (secondary N) is 1. The molecule has 0 aromatic heterocycles. The monoisotopic (exact) mass is 555 g/mol. The molecule has 0 radical (unpaired) electrons. The average molecular weight is 556 g/mol. The molecular formula is C29H28F3N3O5. The Labute approximate surface area is 229 Å². The van der Waals surface area contributed by atoms with Crippen LogP contribution in [0.5, 0.6) is 5.75 Å². The van der Waals surface area contributed by atoms with Gasteiger partial charge in [-0.15, -0.1) is 0 Å². The van der Waals surface area contributed by atoms with Gasteiger partial charge in [-0.1, -0.05) is 24.3 Å². The summed E-state index contributed by atoms with van der Waals surface area (Å²) in [5, 5.41) is 28.8. The number of nitrogens with zero attached hydrogens (tertiary/aromatic N) is 2. The Bertz CT molecular complexity index is 1360. The summed E-state index contributed by atoms with van der Waals surface area (Å²) in [4.78, 5) is 23.7. The van der Waals surface area contributed by atoms with Crippen molar-refractivity contribution >= 4 is 17.6 Å². The predicted molar refractivity (Wildman–Crippen MR) is 142 cm³/mol. The van der Waals surface area contributed by atoms with Crippen LogP contribution in [0.2, 0.25) is 0 Å². The molecule has 3 aromatic rings. The van der Waals surface area contributed by atoms with Crippen LogP contribution in [0.1, 0.15) is 34.3 Å². The minimum absolute atomic E-state index is 0.191. The highest BCUT2D eigenvalue weighted by molar-refractivity contribution is 6.04. The van der Waals surface area contributed by atoms with Crippen LogP contribution in [-0.4, -0.2) is 59.5 Å². The first-order valence-corrected chi connectivity index (χ1v) is 12.3. The number of methoxy groups -OCH3 is 1. The second-order valence-corrected chi connectivity index (χ2v) is 9.06. The molecule has 3 aromatic carbocycles. The third kappa shape index (κ3) is 8.56. The van der Waals surface area contributed by atoms with Crippen molar-refractivity contribution in [2.45, 2.75) is 31.7 Å². The lowest BCUT2D eigenvalue weighted by atomic mass is 10.0. The fraction of sp³-hybridized carbons (Fsp3) is 0.276.